The summed E-state index contributed by atoms with van der Waals surface area (Å²) in [6, 6.07) is 45.8. The predicted molar refractivity (Wildman–Crippen MR) is 204 cm³/mol. The first-order valence-corrected chi connectivity index (χ1v) is 17.6. The van der Waals surface area contributed by atoms with E-state index < -0.39 is 0 Å². The van der Waals surface area contributed by atoms with Crippen LogP contribution in [0.25, 0.3) is 76.9 Å². The minimum Gasteiger partial charge on any atom is -0.456 e. The van der Waals surface area contributed by atoms with Crippen LogP contribution in [0.5, 0.6) is 0 Å². The van der Waals surface area contributed by atoms with Gasteiger partial charge >= 0.3 is 0 Å². The fraction of sp³-hybridized carbons (Fsp3) is 0.178. The van der Waals surface area contributed by atoms with Crippen molar-refractivity contribution in [1.82, 2.24) is 9.13 Å². The van der Waals surface area contributed by atoms with Gasteiger partial charge in [0.15, 0.2) is 0 Å². The van der Waals surface area contributed by atoms with E-state index in [1.807, 2.05) is 18.2 Å². The zero-order valence-corrected chi connectivity index (χ0v) is 27.9. The molecule has 9 rings (SSSR count). The quantitative estimate of drug-likeness (QED) is 0.167. The molecule has 0 aliphatic rings. The molecule has 1 unspecified atom stereocenters. The molecule has 49 heavy (non-hydrogen) atoms. The smallest absolute Gasteiger partial charge is 0.135 e. The van der Waals surface area contributed by atoms with Crippen LogP contribution in [-0.4, -0.2) is 9.13 Å². The number of para-hydroxylation sites is 2. The number of unbranched alkanes of at least 4 members (excludes halogenated alkanes) is 1. The first-order valence-electron chi connectivity index (χ1n) is 17.6. The third-order valence-electron chi connectivity index (χ3n) is 10.6. The van der Waals surface area contributed by atoms with Crippen molar-refractivity contribution in [2.45, 2.75) is 46.0 Å². The highest BCUT2D eigenvalue weighted by Crippen LogP contribution is 2.39. The van der Waals surface area contributed by atoms with Gasteiger partial charge in [-0.1, -0.05) is 82.0 Å². The molecular formula is C45H37N3O. The zero-order valence-electron chi connectivity index (χ0n) is 27.9. The van der Waals surface area contributed by atoms with Crippen molar-refractivity contribution in [3.8, 4) is 17.4 Å². The Balaban J connectivity index is 1.23. The Bertz CT molecular complexity index is 2750. The van der Waals surface area contributed by atoms with Crippen LogP contribution >= 0.6 is 0 Å². The van der Waals surface area contributed by atoms with Crippen LogP contribution in [-0.2, 0) is 6.42 Å². The highest BCUT2D eigenvalue weighted by Gasteiger charge is 2.19. The van der Waals surface area contributed by atoms with Crippen molar-refractivity contribution in [2.75, 3.05) is 0 Å². The van der Waals surface area contributed by atoms with E-state index in [1.54, 1.807) is 0 Å². The normalized spacial score (nSPS) is 12.6. The molecule has 9 aromatic rings. The van der Waals surface area contributed by atoms with Crippen LogP contribution in [0.4, 0.5) is 0 Å². The number of hydrogen-bond acceptors (Lipinski definition) is 2. The van der Waals surface area contributed by atoms with E-state index in [1.165, 1.54) is 52.9 Å². The molecular weight excluding hydrogens is 599 g/mol. The second-order valence-electron chi connectivity index (χ2n) is 13.5. The summed E-state index contributed by atoms with van der Waals surface area (Å²) in [7, 11) is 0. The Labute approximate surface area is 285 Å². The summed E-state index contributed by atoms with van der Waals surface area (Å²) in [6.07, 6.45) is 6.06. The minimum atomic E-state index is 0.687. The molecule has 6 aromatic carbocycles. The van der Waals surface area contributed by atoms with Crippen molar-refractivity contribution >= 4 is 65.6 Å². The second kappa shape index (κ2) is 11.7. The van der Waals surface area contributed by atoms with Crippen molar-refractivity contribution < 1.29 is 4.42 Å². The van der Waals surface area contributed by atoms with Crippen molar-refractivity contribution in [1.29, 1.82) is 5.26 Å². The second-order valence-corrected chi connectivity index (χ2v) is 13.5. The third kappa shape index (κ3) is 4.72. The average molecular weight is 636 g/mol. The summed E-state index contributed by atoms with van der Waals surface area (Å²) in [5.74, 6) is 0.688. The molecule has 0 saturated heterocycles. The Morgan fingerprint density at radius 2 is 1.20 bits per heavy atom. The Morgan fingerprint density at radius 1 is 0.592 bits per heavy atom. The largest absolute Gasteiger partial charge is 0.456 e. The molecule has 1 atom stereocenters. The van der Waals surface area contributed by atoms with Crippen LogP contribution in [0, 0.1) is 17.2 Å². The first kappa shape index (κ1) is 29.4. The highest BCUT2D eigenvalue weighted by atomic mass is 16.3. The van der Waals surface area contributed by atoms with Gasteiger partial charge in [-0.3, -0.25) is 0 Å². The molecule has 238 valence electrons. The molecule has 4 nitrogen and oxygen atoms in total. The van der Waals surface area contributed by atoms with E-state index in [0.717, 1.165) is 61.7 Å². The SMILES string of the molecule is CCCCC(CC)Cc1ccc2c(c1)c1cc(C#N)ccc1n2-c1ccc2c(c1)c1ccccc1n2-c1ccc2oc3ccccc3c2c1. The van der Waals surface area contributed by atoms with Gasteiger partial charge in [0.2, 0.25) is 0 Å². The van der Waals surface area contributed by atoms with E-state index in [-0.39, 0.29) is 0 Å². The number of benzene rings is 6. The van der Waals surface area contributed by atoms with Crippen LogP contribution in [0.2, 0.25) is 0 Å². The molecule has 0 radical (unpaired) electrons. The first-order chi connectivity index (χ1) is 24.1. The lowest BCUT2D eigenvalue weighted by Crippen LogP contribution is -2.03. The summed E-state index contributed by atoms with van der Waals surface area (Å²) in [5, 5.41) is 16.8. The van der Waals surface area contributed by atoms with Crippen molar-refractivity contribution in [2.24, 2.45) is 5.92 Å². The summed E-state index contributed by atoms with van der Waals surface area (Å²) in [5.41, 5.74) is 10.7. The van der Waals surface area contributed by atoms with Crippen molar-refractivity contribution in [3.63, 3.8) is 0 Å². The molecule has 3 heterocycles. The summed E-state index contributed by atoms with van der Waals surface area (Å²) < 4.78 is 10.9. The van der Waals surface area contributed by atoms with Crippen LogP contribution in [0.1, 0.15) is 50.7 Å². The van der Waals surface area contributed by atoms with Gasteiger partial charge < -0.3 is 13.6 Å². The number of furan rings is 1. The molecule has 0 N–H and O–H groups in total. The van der Waals surface area contributed by atoms with E-state index in [4.69, 9.17) is 4.42 Å². The van der Waals surface area contributed by atoms with Gasteiger partial charge in [0.05, 0.1) is 33.7 Å². The van der Waals surface area contributed by atoms with E-state index in [2.05, 4.69) is 132 Å². The maximum atomic E-state index is 9.83. The Hall–Kier alpha value is -5.79. The molecule has 0 saturated carbocycles. The van der Waals surface area contributed by atoms with E-state index >= 15 is 0 Å². The average Bonchev–Trinajstić information content (AvgIpc) is 3.79. The standard InChI is InChI=1S/C45H37N3O/c1-3-5-10-29(4-2)23-30-15-19-41-36(24-30)37-25-31(28-46)16-20-42(37)48(41)32-17-21-43-38(26-32)34-11-6-8-13-40(34)47(43)33-18-22-45-39(27-33)35-12-7-9-14-44(35)49-45/h6-9,11-22,24-27,29H,3-5,10,23H2,1-2H3. The molecule has 0 aliphatic carbocycles. The highest BCUT2D eigenvalue weighted by molar-refractivity contribution is 6.13. The van der Waals surface area contributed by atoms with Crippen LogP contribution in [0.3, 0.4) is 0 Å². The molecule has 0 bridgehead atoms. The maximum absolute atomic E-state index is 9.83. The number of fused-ring (bicyclic) bond motifs is 9. The van der Waals surface area contributed by atoms with Gasteiger partial charge in [-0.2, -0.15) is 5.26 Å². The van der Waals surface area contributed by atoms with Gasteiger partial charge in [-0.05, 0) is 96.8 Å². The molecule has 0 spiro atoms. The number of aromatic nitrogens is 2. The number of hydrogen-bond donors (Lipinski definition) is 0. The van der Waals surface area contributed by atoms with Crippen LogP contribution < -0.4 is 0 Å². The predicted octanol–water partition coefficient (Wildman–Crippen LogP) is 12.4. The number of nitrogens with zero attached hydrogens (tertiary/aromatic N) is 3. The Morgan fingerprint density at radius 3 is 1.98 bits per heavy atom. The van der Waals surface area contributed by atoms with Gasteiger partial charge in [-0.25, -0.2) is 0 Å². The van der Waals surface area contributed by atoms with Gasteiger partial charge in [-0.15, -0.1) is 0 Å². The fourth-order valence-electron chi connectivity index (χ4n) is 8.05. The fourth-order valence-corrected chi connectivity index (χ4v) is 8.05. The van der Waals surface area contributed by atoms with Gasteiger partial charge in [0.25, 0.3) is 0 Å². The lowest BCUT2D eigenvalue weighted by atomic mass is 9.91. The molecule has 0 amide bonds. The van der Waals surface area contributed by atoms with Gasteiger partial charge in [0.1, 0.15) is 11.2 Å². The Kier molecular flexibility index (Phi) is 7.02. The molecule has 4 heteroatoms. The van der Waals surface area contributed by atoms with E-state index in [0.29, 0.717) is 11.5 Å². The molecule has 0 aliphatic heterocycles. The number of rotatable bonds is 8. The molecule has 0 fully saturated rings. The third-order valence-corrected chi connectivity index (χ3v) is 10.6. The summed E-state index contributed by atoms with van der Waals surface area (Å²) in [4.78, 5) is 0. The maximum Gasteiger partial charge on any atom is 0.135 e. The summed E-state index contributed by atoms with van der Waals surface area (Å²) >= 11 is 0. The molecule has 3 aromatic heterocycles. The zero-order chi connectivity index (χ0) is 33.1. The van der Waals surface area contributed by atoms with Crippen LogP contribution in [0.15, 0.2) is 126 Å². The lowest BCUT2D eigenvalue weighted by Gasteiger charge is -2.15. The minimum absolute atomic E-state index is 0.687. The lowest BCUT2D eigenvalue weighted by molar-refractivity contribution is 0.449. The summed E-state index contributed by atoms with van der Waals surface area (Å²) in [6.45, 7) is 4.59. The van der Waals surface area contributed by atoms with Crippen molar-refractivity contribution in [3.05, 3.63) is 132 Å². The topological polar surface area (TPSA) is 46.8 Å². The number of nitriles is 1. The monoisotopic (exact) mass is 635 g/mol. The van der Waals surface area contributed by atoms with Gasteiger partial charge in [0, 0.05) is 43.7 Å². The van der Waals surface area contributed by atoms with E-state index in [9.17, 15) is 5.26 Å².